The van der Waals surface area contributed by atoms with Crippen LogP contribution in [-0.2, 0) is 43.7 Å². The molecule has 2 aliphatic rings. The van der Waals surface area contributed by atoms with Gasteiger partial charge in [0.15, 0.2) is 18.4 Å². The third-order valence-corrected chi connectivity index (χ3v) is 5.89. The summed E-state index contributed by atoms with van der Waals surface area (Å²) in [6.45, 7) is 2.88. The van der Waals surface area contributed by atoms with Crippen LogP contribution in [0, 0.1) is 11.8 Å². The summed E-state index contributed by atoms with van der Waals surface area (Å²) in [7, 11) is 1.42. The molecular weight excluding hydrogens is 387 g/mol. The first-order valence-corrected chi connectivity index (χ1v) is 8.97. The Balaban J connectivity index is 0.00000180. The number of rotatable bonds is 1. The molecule has 0 N–H and O–H groups in total. The van der Waals surface area contributed by atoms with Gasteiger partial charge < -0.3 is 14.5 Å². The van der Waals surface area contributed by atoms with Gasteiger partial charge in [0.25, 0.3) is 0 Å². The average molecular weight is 407 g/mol. The van der Waals surface area contributed by atoms with Crippen LogP contribution in [0.25, 0.3) is 21.8 Å². The monoisotopic (exact) mass is 406 g/mol. The Hall–Kier alpha value is -2.33. The van der Waals surface area contributed by atoms with Crippen LogP contribution in [0.5, 0.6) is 0 Å². The largest absolute Gasteiger partial charge is 2.00 e. The van der Waals surface area contributed by atoms with Crippen LogP contribution in [0.15, 0.2) is 48.4 Å². The van der Waals surface area contributed by atoms with Crippen molar-refractivity contribution in [3.63, 3.8) is 0 Å². The van der Waals surface area contributed by atoms with E-state index in [0.29, 0.717) is 5.57 Å². The topological polar surface area (TPSA) is 53.5 Å². The molecule has 6 heteroatoms. The Morgan fingerprint density at radius 3 is 2.89 bits per heavy atom. The zero-order chi connectivity index (χ0) is 17.8. The third-order valence-electron chi connectivity index (χ3n) is 5.89. The summed E-state index contributed by atoms with van der Waals surface area (Å²) in [5.74, 6) is 0.0400. The maximum Gasteiger partial charge on any atom is 2.00 e. The molecule has 2 aliphatic heterocycles. The van der Waals surface area contributed by atoms with E-state index in [2.05, 4.69) is 29.8 Å². The molecule has 0 spiro atoms. The van der Waals surface area contributed by atoms with E-state index in [0.717, 1.165) is 24.0 Å². The molecule has 0 amide bonds. The number of benzene rings is 1. The van der Waals surface area contributed by atoms with E-state index >= 15 is 0 Å². The number of nitrogens with zero attached hydrogens (tertiary/aromatic N) is 2. The quantitative estimate of drug-likeness (QED) is 0.354. The van der Waals surface area contributed by atoms with E-state index in [1.54, 1.807) is 6.26 Å². The fourth-order valence-electron chi connectivity index (χ4n) is 4.49. The minimum atomic E-state index is -0.298. The smallest absolute Gasteiger partial charge is 0.652 e. The minimum absolute atomic E-state index is 0. The Morgan fingerprint density at radius 1 is 1.26 bits per heavy atom. The van der Waals surface area contributed by atoms with Crippen molar-refractivity contribution in [2.24, 2.45) is 11.8 Å². The van der Waals surface area contributed by atoms with Crippen LogP contribution in [0.4, 0.5) is 0 Å². The van der Waals surface area contributed by atoms with Gasteiger partial charge in [-0.2, -0.15) is 0 Å². The molecule has 2 aromatic heterocycles. The van der Waals surface area contributed by atoms with Crippen LogP contribution in [0.3, 0.4) is 0 Å². The fourth-order valence-corrected chi connectivity index (χ4v) is 4.49. The molecule has 0 fully saturated rings. The van der Waals surface area contributed by atoms with Gasteiger partial charge in [-0.15, -0.1) is 5.52 Å². The molecule has 140 valence electrons. The van der Waals surface area contributed by atoms with E-state index in [9.17, 15) is 4.79 Å². The Kier molecular flexibility index (Phi) is 4.47. The number of pyridine rings is 1. The fraction of sp³-hybridized carbons (Fsp3) is 0.333. The van der Waals surface area contributed by atoms with Gasteiger partial charge in [-0.05, 0) is 17.7 Å². The van der Waals surface area contributed by atoms with Crippen molar-refractivity contribution in [1.82, 2.24) is 4.98 Å². The van der Waals surface area contributed by atoms with Crippen molar-refractivity contribution < 1.29 is 35.3 Å². The molecule has 0 radical (unpaired) electrons. The number of para-hydroxylation sites is 1. The summed E-state index contributed by atoms with van der Waals surface area (Å²) < 4.78 is 13.0. The van der Waals surface area contributed by atoms with E-state index in [1.165, 1.54) is 23.6 Å². The van der Waals surface area contributed by atoms with Gasteiger partial charge in [0.05, 0.1) is 24.9 Å². The first-order valence-electron chi connectivity index (χ1n) is 8.97. The average Bonchev–Trinajstić information content (AvgIpc) is 3.06. The molecule has 4 heterocycles. The van der Waals surface area contributed by atoms with Crippen LogP contribution in [0.1, 0.15) is 12.6 Å². The van der Waals surface area contributed by atoms with Crippen molar-refractivity contribution in [3.05, 3.63) is 54.1 Å². The van der Waals surface area contributed by atoms with E-state index in [-0.39, 0.29) is 40.4 Å². The van der Waals surface area contributed by atoms with Gasteiger partial charge in [0.2, 0.25) is 0 Å². The van der Waals surface area contributed by atoms with Crippen molar-refractivity contribution in [3.8, 4) is 0 Å². The number of methoxy groups -OCH3 is 1. The van der Waals surface area contributed by atoms with Gasteiger partial charge in [-0.3, -0.25) is 0 Å². The predicted molar refractivity (Wildman–Crippen MR) is 96.3 cm³/mol. The second kappa shape index (κ2) is 6.68. The molecular formula is C21H20N2NiO3+2. The van der Waals surface area contributed by atoms with Crippen molar-refractivity contribution in [1.29, 1.82) is 0 Å². The van der Waals surface area contributed by atoms with Crippen molar-refractivity contribution in [2.45, 2.75) is 26.0 Å². The second-order valence-corrected chi connectivity index (χ2v) is 7.19. The first-order chi connectivity index (χ1) is 12.7. The predicted octanol–water partition coefficient (Wildman–Crippen LogP) is 2.50. The maximum atomic E-state index is 12.3. The SMILES string of the molecule is COC(=O)C1=CO[C@@H](C)[C@H]2C[n+]3ccc4c([n-]c5ccccc54)c3C[C@H]12.[Ni+2]. The standard InChI is InChI=1S/C21H20N2O3.Ni/c1-12-16-10-23-8-7-14-13-5-3-4-6-18(13)22-20(14)19(23)9-15(16)17(11-26-12)21(24)25-2;/h3-8,11-12,15-16H,9-10H2,1-2H3;/q;+2/t12-,15-,16+;/m0./s1. The molecule has 0 saturated carbocycles. The van der Waals surface area contributed by atoms with Crippen molar-refractivity contribution in [2.75, 3.05) is 7.11 Å². The maximum absolute atomic E-state index is 12.3. The van der Waals surface area contributed by atoms with Crippen LogP contribution in [0.2, 0.25) is 0 Å². The molecule has 27 heavy (non-hydrogen) atoms. The molecule has 0 saturated heterocycles. The zero-order valence-corrected chi connectivity index (χ0v) is 16.1. The summed E-state index contributed by atoms with van der Waals surface area (Å²) >= 11 is 0. The molecule has 0 aliphatic carbocycles. The number of hydrogen-bond acceptors (Lipinski definition) is 3. The molecule has 5 rings (SSSR count). The molecule has 0 unspecified atom stereocenters. The number of carbonyl (C=O) groups excluding carboxylic acids is 1. The normalized spacial score (nSPS) is 23.6. The molecule has 3 aromatic rings. The Bertz CT molecular complexity index is 1070. The van der Waals surface area contributed by atoms with Crippen molar-refractivity contribution >= 4 is 27.8 Å². The zero-order valence-electron chi connectivity index (χ0n) is 15.1. The molecule has 5 nitrogen and oxygen atoms in total. The number of esters is 1. The Labute approximate surface area is 167 Å². The van der Waals surface area contributed by atoms with Crippen LogP contribution >= 0.6 is 0 Å². The van der Waals surface area contributed by atoms with Gasteiger partial charge in [-0.25, -0.2) is 9.36 Å². The van der Waals surface area contributed by atoms with Gasteiger partial charge in [0.1, 0.15) is 6.10 Å². The summed E-state index contributed by atoms with van der Waals surface area (Å²) in [4.78, 5) is 17.1. The third kappa shape index (κ3) is 2.66. The number of hydrogen-bond donors (Lipinski definition) is 0. The van der Waals surface area contributed by atoms with Gasteiger partial charge in [-0.1, -0.05) is 29.8 Å². The molecule has 0 bridgehead atoms. The number of aromatic nitrogens is 2. The number of ether oxygens (including phenoxy) is 2. The molecule has 1 aromatic carbocycles. The van der Waals surface area contributed by atoms with Gasteiger partial charge >= 0.3 is 22.5 Å². The second-order valence-electron chi connectivity index (χ2n) is 7.19. The van der Waals surface area contributed by atoms with Crippen LogP contribution in [-0.4, -0.2) is 19.2 Å². The van der Waals surface area contributed by atoms with Crippen LogP contribution < -0.4 is 9.55 Å². The summed E-state index contributed by atoms with van der Waals surface area (Å²) in [5, 5.41) is 2.35. The number of carbonyl (C=O) groups is 1. The summed E-state index contributed by atoms with van der Waals surface area (Å²) in [6, 6.07) is 10.4. The van der Waals surface area contributed by atoms with Gasteiger partial charge in [0, 0.05) is 18.4 Å². The first kappa shape index (κ1) is 18.1. The minimum Gasteiger partial charge on any atom is -0.652 e. The molecule has 3 atom stereocenters. The van der Waals surface area contributed by atoms with E-state index in [1.807, 2.05) is 18.2 Å². The Morgan fingerprint density at radius 2 is 2.07 bits per heavy atom. The summed E-state index contributed by atoms with van der Waals surface area (Å²) in [5.41, 5.74) is 3.87. The van der Waals surface area contributed by atoms with E-state index < -0.39 is 0 Å². The van der Waals surface area contributed by atoms with E-state index in [4.69, 9.17) is 14.5 Å². The number of fused-ring (bicyclic) bond motifs is 6. The summed E-state index contributed by atoms with van der Waals surface area (Å²) in [6.07, 6.45) is 4.57.